The van der Waals surface area contributed by atoms with Crippen LogP contribution in [0.1, 0.15) is 53.4 Å². The van der Waals surface area contributed by atoms with E-state index in [2.05, 4.69) is 75.7 Å². The molecular weight excluding hydrogens is 444 g/mol. The predicted molar refractivity (Wildman–Crippen MR) is 146 cm³/mol. The molecule has 5 heteroatoms. The molecule has 0 N–H and O–H groups in total. The molecule has 3 aromatic carbocycles. The number of aromatic nitrogens is 2. The summed E-state index contributed by atoms with van der Waals surface area (Å²) in [4.78, 5) is 22.7. The molecule has 1 amide bonds. The number of rotatable bonds is 8. The van der Waals surface area contributed by atoms with Crippen LogP contribution in [-0.4, -0.2) is 50.9 Å². The summed E-state index contributed by atoms with van der Waals surface area (Å²) in [6.45, 7) is 8.46. The first kappa shape index (κ1) is 24.3. The topological polar surface area (TPSA) is 41.4 Å². The van der Waals surface area contributed by atoms with Crippen molar-refractivity contribution >= 4 is 16.7 Å². The van der Waals surface area contributed by atoms with E-state index >= 15 is 0 Å². The van der Waals surface area contributed by atoms with Crippen molar-refractivity contribution in [2.24, 2.45) is 0 Å². The van der Waals surface area contributed by atoms with Crippen molar-refractivity contribution in [1.82, 2.24) is 19.4 Å². The molecule has 1 unspecified atom stereocenters. The van der Waals surface area contributed by atoms with Crippen molar-refractivity contribution in [2.45, 2.75) is 52.2 Å². The molecule has 5 nitrogen and oxygen atoms in total. The van der Waals surface area contributed by atoms with Gasteiger partial charge in [-0.25, -0.2) is 4.98 Å². The van der Waals surface area contributed by atoms with Gasteiger partial charge in [0.1, 0.15) is 0 Å². The highest BCUT2D eigenvalue weighted by molar-refractivity contribution is 6.07. The molecule has 1 aliphatic rings. The second-order valence-electron chi connectivity index (χ2n) is 10.0. The standard InChI is InChI=1S/C31H36N4O/c1-3-4-13-27-21-34(31(36)30-15-8-12-26-11-5-6-14-29(26)30)17-16-33(27)22-28-19-32-23-35(28)20-25-10-7-9-24(2)18-25/h5-12,14-15,18-19,23,27H,3-4,13,16-17,20-22H2,1-2H3. The van der Waals surface area contributed by atoms with Gasteiger partial charge < -0.3 is 9.47 Å². The number of fused-ring (bicyclic) bond motifs is 1. The summed E-state index contributed by atoms with van der Waals surface area (Å²) >= 11 is 0. The number of carbonyl (C=O) groups excluding carboxylic acids is 1. The van der Waals surface area contributed by atoms with Crippen LogP contribution in [0.3, 0.4) is 0 Å². The fraction of sp³-hybridized carbons (Fsp3) is 0.355. The Bertz CT molecular complexity index is 1320. The first-order valence-electron chi connectivity index (χ1n) is 13.2. The average Bonchev–Trinajstić information content (AvgIpc) is 3.33. The van der Waals surface area contributed by atoms with E-state index in [1.54, 1.807) is 0 Å². The van der Waals surface area contributed by atoms with E-state index in [4.69, 9.17) is 0 Å². The maximum absolute atomic E-state index is 13.6. The van der Waals surface area contributed by atoms with Crippen LogP contribution in [0.25, 0.3) is 10.8 Å². The quantitative estimate of drug-likeness (QED) is 0.315. The number of amides is 1. The van der Waals surface area contributed by atoms with Gasteiger partial charge in [-0.2, -0.15) is 0 Å². The average molecular weight is 481 g/mol. The Kier molecular flexibility index (Phi) is 7.47. The number of unbranched alkanes of at least 4 members (excludes halogenated alkanes) is 1. The number of hydrogen-bond acceptors (Lipinski definition) is 3. The molecule has 1 aromatic heterocycles. The number of piperazine rings is 1. The molecular formula is C31H36N4O. The lowest BCUT2D eigenvalue weighted by molar-refractivity contribution is 0.0429. The van der Waals surface area contributed by atoms with Gasteiger partial charge in [0.05, 0.1) is 12.0 Å². The van der Waals surface area contributed by atoms with Crippen LogP contribution in [0.4, 0.5) is 0 Å². The number of hydrogen-bond donors (Lipinski definition) is 0. The van der Waals surface area contributed by atoms with Crippen molar-refractivity contribution in [3.05, 3.63) is 102 Å². The summed E-state index contributed by atoms with van der Waals surface area (Å²) in [5.74, 6) is 0.150. The Labute approximate surface area is 214 Å². The summed E-state index contributed by atoms with van der Waals surface area (Å²) in [7, 11) is 0. The Morgan fingerprint density at radius 2 is 1.83 bits per heavy atom. The monoisotopic (exact) mass is 480 g/mol. The van der Waals surface area contributed by atoms with Crippen LogP contribution in [0.15, 0.2) is 79.3 Å². The highest BCUT2D eigenvalue weighted by Crippen LogP contribution is 2.24. The number of imidazole rings is 1. The van der Waals surface area contributed by atoms with Crippen LogP contribution in [0.2, 0.25) is 0 Å². The molecule has 0 bridgehead atoms. The molecule has 186 valence electrons. The third-order valence-corrected chi connectivity index (χ3v) is 7.40. The SMILES string of the molecule is CCCCC1CN(C(=O)c2cccc3ccccc23)CCN1Cc1cncn1Cc1cccc(C)c1. The normalized spacial score (nSPS) is 16.5. The number of benzene rings is 3. The zero-order valence-corrected chi connectivity index (χ0v) is 21.4. The second-order valence-corrected chi connectivity index (χ2v) is 10.0. The van der Waals surface area contributed by atoms with Gasteiger partial charge in [-0.15, -0.1) is 0 Å². The zero-order chi connectivity index (χ0) is 24.9. The third-order valence-electron chi connectivity index (χ3n) is 7.40. The molecule has 1 aliphatic heterocycles. The number of carbonyl (C=O) groups is 1. The summed E-state index contributed by atoms with van der Waals surface area (Å²) < 4.78 is 2.26. The van der Waals surface area contributed by atoms with Crippen LogP contribution in [0.5, 0.6) is 0 Å². The van der Waals surface area contributed by atoms with Gasteiger partial charge in [-0.3, -0.25) is 9.69 Å². The van der Waals surface area contributed by atoms with Crippen molar-refractivity contribution in [1.29, 1.82) is 0 Å². The lowest BCUT2D eigenvalue weighted by Crippen LogP contribution is -2.54. The molecule has 0 spiro atoms. The Morgan fingerprint density at radius 3 is 2.69 bits per heavy atom. The molecule has 1 fully saturated rings. The van der Waals surface area contributed by atoms with E-state index in [0.717, 1.165) is 61.9 Å². The van der Waals surface area contributed by atoms with E-state index in [0.29, 0.717) is 6.04 Å². The first-order valence-corrected chi connectivity index (χ1v) is 13.2. The van der Waals surface area contributed by atoms with E-state index in [9.17, 15) is 4.79 Å². The van der Waals surface area contributed by atoms with Gasteiger partial charge in [0.2, 0.25) is 0 Å². The molecule has 4 aromatic rings. The zero-order valence-electron chi connectivity index (χ0n) is 21.4. The Balaban J connectivity index is 1.32. The fourth-order valence-electron chi connectivity index (χ4n) is 5.42. The molecule has 36 heavy (non-hydrogen) atoms. The van der Waals surface area contributed by atoms with Crippen LogP contribution < -0.4 is 0 Å². The van der Waals surface area contributed by atoms with Crippen molar-refractivity contribution < 1.29 is 4.79 Å². The lowest BCUT2D eigenvalue weighted by atomic mass is 10.0. The second kappa shape index (κ2) is 11.1. The minimum atomic E-state index is 0.150. The summed E-state index contributed by atoms with van der Waals surface area (Å²) in [5, 5.41) is 2.16. The Morgan fingerprint density at radius 1 is 1.00 bits per heavy atom. The van der Waals surface area contributed by atoms with Crippen LogP contribution >= 0.6 is 0 Å². The minimum Gasteiger partial charge on any atom is -0.336 e. The van der Waals surface area contributed by atoms with E-state index < -0.39 is 0 Å². The Hall–Kier alpha value is -3.44. The molecule has 2 heterocycles. The van der Waals surface area contributed by atoms with Gasteiger partial charge in [0.25, 0.3) is 5.91 Å². The van der Waals surface area contributed by atoms with E-state index in [-0.39, 0.29) is 5.91 Å². The van der Waals surface area contributed by atoms with E-state index in [1.807, 2.05) is 36.8 Å². The van der Waals surface area contributed by atoms with Gasteiger partial charge in [0.15, 0.2) is 0 Å². The van der Waals surface area contributed by atoms with Gasteiger partial charge in [-0.05, 0) is 35.7 Å². The molecule has 0 saturated carbocycles. The molecule has 0 radical (unpaired) electrons. The first-order chi connectivity index (χ1) is 17.6. The maximum atomic E-state index is 13.6. The smallest absolute Gasteiger partial charge is 0.254 e. The predicted octanol–water partition coefficient (Wildman–Crippen LogP) is 5.91. The summed E-state index contributed by atoms with van der Waals surface area (Å²) in [5.41, 5.74) is 4.61. The molecule has 1 saturated heterocycles. The third kappa shape index (κ3) is 5.36. The maximum Gasteiger partial charge on any atom is 0.254 e. The van der Waals surface area contributed by atoms with E-state index in [1.165, 1.54) is 23.2 Å². The summed E-state index contributed by atoms with van der Waals surface area (Å²) in [6.07, 6.45) is 7.37. The minimum absolute atomic E-state index is 0.150. The fourth-order valence-corrected chi connectivity index (χ4v) is 5.42. The molecule has 5 rings (SSSR count). The highest BCUT2D eigenvalue weighted by atomic mass is 16.2. The molecule has 0 aliphatic carbocycles. The van der Waals surface area contributed by atoms with Crippen molar-refractivity contribution in [2.75, 3.05) is 19.6 Å². The number of aryl methyl sites for hydroxylation is 1. The largest absolute Gasteiger partial charge is 0.336 e. The number of nitrogens with zero attached hydrogens (tertiary/aromatic N) is 4. The van der Waals surface area contributed by atoms with Gasteiger partial charge in [0, 0.05) is 50.5 Å². The van der Waals surface area contributed by atoms with Gasteiger partial charge in [-0.1, -0.05) is 86.0 Å². The van der Waals surface area contributed by atoms with Crippen molar-refractivity contribution in [3.8, 4) is 0 Å². The molecule has 1 atom stereocenters. The van der Waals surface area contributed by atoms with Crippen molar-refractivity contribution in [3.63, 3.8) is 0 Å². The highest BCUT2D eigenvalue weighted by Gasteiger charge is 2.30. The van der Waals surface area contributed by atoms with Crippen LogP contribution in [0, 0.1) is 6.92 Å². The summed E-state index contributed by atoms with van der Waals surface area (Å²) in [6, 6.07) is 23.2. The van der Waals surface area contributed by atoms with Gasteiger partial charge >= 0.3 is 0 Å². The lowest BCUT2D eigenvalue weighted by Gasteiger charge is -2.41. The van der Waals surface area contributed by atoms with Crippen LogP contribution in [-0.2, 0) is 13.1 Å².